The lowest BCUT2D eigenvalue weighted by Gasteiger charge is -2.23. The van der Waals surface area contributed by atoms with Crippen molar-refractivity contribution in [3.63, 3.8) is 0 Å². The molecular formula is C22H32N2O. The molecule has 0 aliphatic heterocycles. The van der Waals surface area contributed by atoms with Gasteiger partial charge in [-0.1, -0.05) is 58.0 Å². The van der Waals surface area contributed by atoms with Crippen molar-refractivity contribution in [3.05, 3.63) is 53.6 Å². The van der Waals surface area contributed by atoms with E-state index < -0.39 is 0 Å². The van der Waals surface area contributed by atoms with Gasteiger partial charge in [0, 0.05) is 24.2 Å². The molecule has 2 aromatic rings. The topological polar surface area (TPSA) is 26.7 Å². The zero-order valence-corrected chi connectivity index (χ0v) is 16.1. The summed E-state index contributed by atoms with van der Waals surface area (Å²) >= 11 is 0. The Morgan fingerprint density at radius 2 is 1.32 bits per heavy atom. The van der Waals surface area contributed by atoms with E-state index in [-0.39, 0.29) is 0 Å². The average Bonchev–Trinajstić information content (AvgIpc) is 2.66. The summed E-state index contributed by atoms with van der Waals surface area (Å²) in [5.74, 6) is 0.418. The molecule has 2 rings (SSSR count). The Kier molecular flexibility index (Phi) is 7.48. The van der Waals surface area contributed by atoms with E-state index in [0.29, 0.717) is 5.75 Å². The Hall–Kier alpha value is -1.84. The lowest BCUT2D eigenvalue weighted by atomic mass is 9.97. The molecule has 25 heavy (non-hydrogen) atoms. The average molecular weight is 341 g/mol. The number of phenolic OH excluding ortho intramolecular Hbond substituents is 1. The molecule has 0 atom stereocenters. The highest BCUT2D eigenvalue weighted by atomic mass is 16.3. The van der Waals surface area contributed by atoms with Gasteiger partial charge in [-0.05, 0) is 49.4 Å². The molecule has 0 amide bonds. The molecule has 0 aliphatic carbocycles. The van der Waals surface area contributed by atoms with Gasteiger partial charge in [0.25, 0.3) is 0 Å². The number of hydrogen-bond acceptors (Lipinski definition) is 3. The summed E-state index contributed by atoms with van der Waals surface area (Å²) in [5, 5.41) is 10.9. The van der Waals surface area contributed by atoms with Gasteiger partial charge < -0.3 is 5.11 Å². The molecule has 0 saturated carbocycles. The van der Waals surface area contributed by atoms with E-state index in [9.17, 15) is 5.11 Å². The van der Waals surface area contributed by atoms with Crippen LogP contribution in [0.1, 0.15) is 38.8 Å². The van der Waals surface area contributed by atoms with Crippen LogP contribution in [0.5, 0.6) is 5.75 Å². The molecule has 0 bridgehead atoms. The van der Waals surface area contributed by atoms with E-state index in [1.807, 2.05) is 18.2 Å². The van der Waals surface area contributed by atoms with E-state index in [4.69, 9.17) is 0 Å². The summed E-state index contributed by atoms with van der Waals surface area (Å²) in [7, 11) is 0. The van der Waals surface area contributed by atoms with Crippen molar-refractivity contribution >= 4 is 0 Å². The summed E-state index contributed by atoms with van der Waals surface area (Å²) < 4.78 is 0. The molecule has 0 heterocycles. The first-order valence-electron chi connectivity index (χ1n) is 9.47. The van der Waals surface area contributed by atoms with Crippen LogP contribution >= 0.6 is 0 Å². The van der Waals surface area contributed by atoms with Crippen molar-refractivity contribution < 1.29 is 5.11 Å². The van der Waals surface area contributed by atoms with Gasteiger partial charge in [-0.2, -0.15) is 0 Å². The molecule has 1 N–H and O–H groups in total. The number of aromatic hydroxyl groups is 1. The summed E-state index contributed by atoms with van der Waals surface area (Å²) in [6.07, 6.45) is 0. The highest BCUT2D eigenvalue weighted by Crippen LogP contribution is 2.34. The van der Waals surface area contributed by atoms with Crippen LogP contribution in [-0.4, -0.2) is 41.1 Å². The quantitative estimate of drug-likeness (QED) is 0.714. The minimum absolute atomic E-state index is 0.418. The smallest absolute Gasteiger partial charge is 0.127 e. The van der Waals surface area contributed by atoms with Crippen molar-refractivity contribution in [2.75, 3.05) is 26.2 Å². The van der Waals surface area contributed by atoms with Crippen LogP contribution in [0.25, 0.3) is 11.1 Å². The summed E-state index contributed by atoms with van der Waals surface area (Å²) in [6, 6.07) is 14.5. The number of benzene rings is 2. The molecule has 2 aromatic carbocycles. The van der Waals surface area contributed by atoms with E-state index >= 15 is 0 Å². The molecule has 3 heteroatoms. The molecular weight excluding hydrogens is 308 g/mol. The minimum atomic E-state index is 0.418. The van der Waals surface area contributed by atoms with Crippen molar-refractivity contribution in [1.82, 2.24) is 9.80 Å². The standard InChI is InChI=1S/C22H32N2O/c1-5-23(6-2)16-18-14-20(17-24(7-3)8-4)22(25)21(15-18)19-12-10-9-11-13-19/h9-15,25H,5-8,16-17H2,1-4H3. The minimum Gasteiger partial charge on any atom is -0.507 e. The molecule has 136 valence electrons. The zero-order chi connectivity index (χ0) is 18.2. The Morgan fingerprint density at radius 3 is 1.88 bits per heavy atom. The van der Waals surface area contributed by atoms with Gasteiger partial charge in [0.1, 0.15) is 5.75 Å². The molecule has 0 spiro atoms. The first-order chi connectivity index (χ1) is 12.1. The van der Waals surface area contributed by atoms with Crippen LogP contribution < -0.4 is 0 Å². The third-order valence-electron chi connectivity index (χ3n) is 4.92. The van der Waals surface area contributed by atoms with Gasteiger partial charge in [-0.15, -0.1) is 0 Å². The molecule has 3 nitrogen and oxygen atoms in total. The lowest BCUT2D eigenvalue weighted by molar-refractivity contribution is 0.287. The van der Waals surface area contributed by atoms with E-state index in [0.717, 1.165) is 56.0 Å². The largest absolute Gasteiger partial charge is 0.507 e. The number of phenols is 1. The van der Waals surface area contributed by atoms with Crippen LogP contribution in [0.15, 0.2) is 42.5 Å². The zero-order valence-electron chi connectivity index (χ0n) is 16.1. The maximum Gasteiger partial charge on any atom is 0.127 e. The highest BCUT2D eigenvalue weighted by molar-refractivity contribution is 5.72. The van der Waals surface area contributed by atoms with Crippen molar-refractivity contribution in [3.8, 4) is 16.9 Å². The van der Waals surface area contributed by atoms with E-state index in [1.165, 1.54) is 5.56 Å². The lowest BCUT2D eigenvalue weighted by Crippen LogP contribution is -2.24. The van der Waals surface area contributed by atoms with Crippen LogP contribution in [0, 0.1) is 0 Å². The van der Waals surface area contributed by atoms with Crippen molar-refractivity contribution in [2.45, 2.75) is 40.8 Å². The molecule has 0 fully saturated rings. The fourth-order valence-electron chi connectivity index (χ4n) is 3.20. The third-order valence-corrected chi connectivity index (χ3v) is 4.92. The maximum absolute atomic E-state index is 10.9. The summed E-state index contributed by atoms with van der Waals surface area (Å²) in [4.78, 5) is 4.74. The highest BCUT2D eigenvalue weighted by Gasteiger charge is 2.15. The van der Waals surface area contributed by atoms with Crippen molar-refractivity contribution in [1.29, 1.82) is 0 Å². The second kappa shape index (κ2) is 9.59. The number of hydrogen-bond donors (Lipinski definition) is 1. The summed E-state index contributed by atoms with van der Waals surface area (Å²) in [5.41, 5.74) is 4.30. The fourth-order valence-corrected chi connectivity index (χ4v) is 3.20. The van der Waals surface area contributed by atoms with Gasteiger partial charge in [-0.3, -0.25) is 9.80 Å². The van der Waals surface area contributed by atoms with Gasteiger partial charge in [0.05, 0.1) is 0 Å². The molecule has 0 radical (unpaired) electrons. The van der Waals surface area contributed by atoms with E-state index in [1.54, 1.807) is 0 Å². The van der Waals surface area contributed by atoms with E-state index in [2.05, 4.69) is 61.8 Å². The van der Waals surface area contributed by atoms with Crippen LogP contribution in [0.2, 0.25) is 0 Å². The third kappa shape index (κ3) is 5.07. The second-order valence-electron chi connectivity index (χ2n) is 6.44. The van der Waals surface area contributed by atoms with Crippen LogP contribution in [-0.2, 0) is 13.1 Å². The Morgan fingerprint density at radius 1 is 0.760 bits per heavy atom. The first kappa shape index (κ1) is 19.5. The Balaban J connectivity index is 2.46. The molecule has 0 aromatic heterocycles. The Labute approximate surface area is 152 Å². The van der Waals surface area contributed by atoms with Crippen molar-refractivity contribution in [2.24, 2.45) is 0 Å². The monoisotopic (exact) mass is 340 g/mol. The first-order valence-corrected chi connectivity index (χ1v) is 9.47. The predicted molar refractivity (Wildman–Crippen MR) is 107 cm³/mol. The van der Waals surface area contributed by atoms with Gasteiger partial charge in [0.2, 0.25) is 0 Å². The fraction of sp³-hybridized carbons (Fsp3) is 0.455. The summed E-state index contributed by atoms with van der Waals surface area (Å²) in [6.45, 7) is 14.4. The van der Waals surface area contributed by atoms with Gasteiger partial charge >= 0.3 is 0 Å². The Bertz CT molecular complexity index is 647. The molecule has 0 unspecified atom stereocenters. The maximum atomic E-state index is 10.9. The molecule has 0 aliphatic rings. The van der Waals surface area contributed by atoms with Gasteiger partial charge in [-0.25, -0.2) is 0 Å². The van der Waals surface area contributed by atoms with Gasteiger partial charge in [0.15, 0.2) is 0 Å². The normalized spacial score (nSPS) is 11.4. The number of rotatable bonds is 9. The predicted octanol–water partition coefficient (Wildman–Crippen LogP) is 4.74. The molecule has 0 saturated heterocycles. The number of nitrogens with zero attached hydrogens (tertiary/aromatic N) is 2. The second-order valence-corrected chi connectivity index (χ2v) is 6.44. The van der Waals surface area contributed by atoms with Crippen LogP contribution in [0.4, 0.5) is 0 Å². The SMILES string of the molecule is CCN(CC)Cc1cc(CN(CC)CC)c(O)c(-c2ccccc2)c1. The van der Waals surface area contributed by atoms with Crippen LogP contribution in [0.3, 0.4) is 0 Å².